The fourth-order valence-electron chi connectivity index (χ4n) is 2.64. The van der Waals surface area contributed by atoms with Gasteiger partial charge in [-0.25, -0.2) is 0 Å². The summed E-state index contributed by atoms with van der Waals surface area (Å²) in [4.78, 5) is 2.19. The van der Waals surface area contributed by atoms with Crippen LogP contribution in [-0.2, 0) is 13.2 Å². The van der Waals surface area contributed by atoms with Crippen molar-refractivity contribution in [2.24, 2.45) is 0 Å². The van der Waals surface area contributed by atoms with E-state index in [9.17, 15) is 0 Å². The summed E-state index contributed by atoms with van der Waals surface area (Å²) in [6.45, 7) is 5.78. The summed E-state index contributed by atoms with van der Waals surface area (Å²) in [7, 11) is 4.18. The number of nitrogens with zero attached hydrogens (tertiary/aromatic N) is 1. The molecule has 0 radical (unpaired) electrons. The largest absolute Gasteiger partial charge is 0.490 e. The van der Waals surface area contributed by atoms with Crippen molar-refractivity contribution in [3.8, 4) is 11.5 Å². The SMILES string of the molecule is CCOc1cc(CNCCCN(C)C)cc(Br)c1OCc1ccccc1Cl. The standard InChI is InChI=1S/C21H28BrClN2O2/c1-4-26-20-13-16(14-24-10-7-11-25(2)3)12-18(22)21(20)27-15-17-8-5-6-9-19(17)23/h5-6,8-9,12-13,24H,4,7,10-11,14-15H2,1-3H3. The number of hydrogen-bond donors (Lipinski definition) is 1. The van der Waals surface area contributed by atoms with E-state index in [0.29, 0.717) is 24.0 Å². The predicted molar refractivity (Wildman–Crippen MR) is 116 cm³/mol. The number of hydrogen-bond acceptors (Lipinski definition) is 4. The average Bonchev–Trinajstić information content (AvgIpc) is 2.62. The molecule has 0 amide bonds. The van der Waals surface area contributed by atoms with Gasteiger partial charge in [0.05, 0.1) is 11.1 Å². The second-order valence-corrected chi connectivity index (χ2v) is 7.81. The highest BCUT2D eigenvalue weighted by Crippen LogP contribution is 2.37. The van der Waals surface area contributed by atoms with Crippen LogP contribution in [0.1, 0.15) is 24.5 Å². The highest BCUT2D eigenvalue weighted by atomic mass is 79.9. The van der Waals surface area contributed by atoms with Gasteiger partial charge in [-0.05, 0) is 80.2 Å². The van der Waals surface area contributed by atoms with Gasteiger partial charge in [0, 0.05) is 17.1 Å². The van der Waals surface area contributed by atoms with Crippen LogP contribution in [0, 0.1) is 0 Å². The molecule has 0 saturated heterocycles. The van der Waals surface area contributed by atoms with E-state index in [-0.39, 0.29) is 0 Å². The number of halogens is 2. The fourth-order valence-corrected chi connectivity index (χ4v) is 3.44. The van der Waals surface area contributed by atoms with E-state index in [1.807, 2.05) is 37.3 Å². The smallest absolute Gasteiger partial charge is 0.175 e. The normalized spacial score (nSPS) is 11.0. The first-order valence-electron chi connectivity index (χ1n) is 9.18. The van der Waals surface area contributed by atoms with E-state index in [1.54, 1.807) is 0 Å². The highest BCUT2D eigenvalue weighted by molar-refractivity contribution is 9.10. The molecule has 6 heteroatoms. The maximum Gasteiger partial charge on any atom is 0.175 e. The van der Waals surface area contributed by atoms with E-state index in [2.05, 4.69) is 46.3 Å². The molecule has 0 aliphatic rings. The van der Waals surface area contributed by atoms with Crippen molar-refractivity contribution in [3.63, 3.8) is 0 Å². The molecule has 0 aliphatic carbocycles. The van der Waals surface area contributed by atoms with Crippen molar-refractivity contribution in [1.82, 2.24) is 10.2 Å². The molecular weight excluding hydrogens is 428 g/mol. The number of rotatable bonds is 11. The van der Waals surface area contributed by atoms with Gasteiger partial charge in [0.15, 0.2) is 11.5 Å². The minimum absolute atomic E-state index is 0.389. The first kappa shape index (κ1) is 22.0. The van der Waals surface area contributed by atoms with Gasteiger partial charge in [0.2, 0.25) is 0 Å². The van der Waals surface area contributed by atoms with E-state index in [0.717, 1.165) is 47.4 Å². The summed E-state index contributed by atoms with van der Waals surface area (Å²) in [5.74, 6) is 1.44. The van der Waals surface area contributed by atoms with Crippen LogP contribution in [-0.4, -0.2) is 38.7 Å². The Balaban J connectivity index is 2.03. The highest BCUT2D eigenvalue weighted by Gasteiger charge is 2.13. The van der Waals surface area contributed by atoms with Crippen molar-refractivity contribution in [3.05, 3.63) is 57.0 Å². The molecule has 2 rings (SSSR count). The summed E-state index contributed by atoms with van der Waals surface area (Å²) in [6.07, 6.45) is 1.12. The Labute approximate surface area is 175 Å². The third kappa shape index (κ3) is 7.34. The third-order valence-corrected chi connectivity index (χ3v) is 4.94. The Morgan fingerprint density at radius 3 is 2.63 bits per heavy atom. The van der Waals surface area contributed by atoms with Crippen molar-refractivity contribution >= 4 is 27.5 Å². The van der Waals surface area contributed by atoms with E-state index >= 15 is 0 Å². The van der Waals surface area contributed by atoms with Gasteiger partial charge >= 0.3 is 0 Å². The molecule has 4 nitrogen and oxygen atoms in total. The Morgan fingerprint density at radius 2 is 1.93 bits per heavy atom. The Hall–Kier alpha value is -1.27. The van der Waals surface area contributed by atoms with Crippen LogP contribution in [0.5, 0.6) is 11.5 Å². The third-order valence-electron chi connectivity index (χ3n) is 3.99. The first-order valence-corrected chi connectivity index (χ1v) is 10.3. The topological polar surface area (TPSA) is 33.7 Å². The molecule has 1 N–H and O–H groups in total. The average molecular weight is 456 g/mol. The van der Waals surface area contributed by atoms with Crippen LogP contribution in [0.4, 0.5) is 0 Å². The predicted octanol–water partition coefficient (Wildman–Crippen LogP) is 5.12. The molecule has 2 aromatic carbocycles. The van der Waals surface area contributed by atoms with Crippen LogP contribution in [0.15, 0.2) is 40.9 Å². The number of ether oxygens (including phenoxy) is 2. The summed E-state index contributed by atoms with van der Waals surface area (Å²) in [5.41, 5.74) is 2.10. The minimum Gasteiger partial charge on any atom is -0.490 e. The van der Waals surface area contributed by atoms with Gasteiger partial charge in [-0.3, -0.25) is 0 Å². The van der Waals surface area contributed by atoms with Crippen LogP contribution in [0.3, 0.4) is 0 Å². The van der Waals surface area contributed by atoms with Crippen LogP contribution >= 0.6 is 27.5 Å². The van der Waals surface area contributed by atoms with Gasteiger partial charge in [-0.15, -0.1) is 0 Å². The second-order valence-electron chi connectivity index (χ2n) is 6.55. The molecule has 0 aromatic heterocycles. The van der Waals surface area contributed by atoms with Crippen LogP contribution in [0.25, 0.3) is 0 Å². The van der Waals surface area contributed by atoms with Crippen molar-refractivity contribution in [2.45, 2.75) is 26.5 Å². The molecule has 0 heterocycles. The summed E-state index contributed by atoms with van der Waals surface area (Å²) in [5, 5.41) is 4.18. The Kier molecular flexibility index (Phi) is 9.42. The molecule has 0 fully saturated rings. The van der Waals surface area contributed by atoms with Gasteiger partial charge in [-0.2, -0.15) is 0 Å². The molecule has 0 atom stereocenters. The molecular formula is C21H28BrClN2O2. The maximum atomic E-state index is 6.22. The lowest BCUT2D eigenvalue weighted by Crippen LogP contribution is -2.21. The Bertz CT molecular complexity index is 725. The lowest BCUT2D eigenvalue weighted by Gasteiger charge is -2.16. The molecule has 148 valence electrons. The van der Waals surface area contributed by atoms with Crippen molar-refractivity contribution in [2.75, 3.05) is 33.8 Å². The molecule has 0 aliphatic heterocycles. The van der Waals surface area contributed by atoms with Gasteiger partial charge < -0.3 is 19.7 Å². The van der Waals surface area contributed by atoms with E-state index in [4.69, 9.17) is 21.1 Å². The number of benzene rings is 2. The van der Waals surface area contributed by atoms with Crippen LogP contribution < -0.4 is 14.8 Å². The van der Waals surface area contributed by atoms with E-state index < -0.39 is 0 Å². The molecule has 0 bridgehead atoms. The monoisotopic (exact) mass is 454 g/mol. The van der Waals surface area contributed by atoms with Gasteiger partial charge in [-0.1, -0.05) is 29.8 Å². The molecule has 2 aromatic rings. The Morgan fingerprint density at radius 1 is 1.15 bits per heavy atom. The van der Waals surface area contributed by atoms with Crippen LogP contribution in [0.2, 0.25) is 5.02 Å². The summed E-state index contributed by atoms with van der Waals surface area (Å²) in [6, 6.07) is 11.8. The quantitative estimate of drug-likeness (QED) is 0.477. The first-order chi connectivity index (χ1) is 13.0. The maximum absolute atomic E-state index is 6.22. The zero-order valence-corrected chi connectivity index (χ0v) is 18.6. The van der Waals surface area contributed by atoms with Crippen molar-refractivity contribution < 1.29 is 9.47 Å². The summed E-state index contributed by atoms with van der Waals surface area (Å²) >= 11 is 9.85. The molecule has 0 unspecified atom stereocenters. The summed E-state index contributed by atoms with van der Waals surface area (Å²) < 4.78 is 12.7. The fraction of sp³-hybridized carbons (Fsp3) is 0.429. The second kappa shape index (κ2) is 11.5. The zero-order chi connectivity index (χ0) is 19.6. The molecule has 0 saturated carbocycles. The lowest BCUT2D eigenvalue weighted by molar-refractivity contribution is 0.267. The molecule has 27 heavy (non-hydrogen) atoms. The lowest BCUT2D eigenvalue weighted by atomic mass is 10.2. The van der Waals surface area contributed by atoms with Gasteiger partial charge in [0.1, 0.15) is 6.61 Å². The zero-order valence-electron chi connectivity index (χ0n) is 16.2. The number of nitrogens with one attached hydrogen (secondary N) is 1. The molecule has 0 spiro atoms. The van der Waals surface area contributed by atoms with Gasteiger partial charge in [0.25, 0.3) is 0 Å². The van der Waals surface area contributed by atoms with E-state index in [1.165, 1.54) is 0 Å². The minimum atomic E-state index is 0.389. The van der Waals surface area contributed by atoms with Crippen molar-refractivity contribution in [1.29, 1.82) is 0 Å².